The largest absolute Gasteiger partial charge is 0.507 e. The highest BCUT2D eigenvalue weighted by Crippen LogP contribution is 2.40. The van der Waals surface area contributed by atoms with Crippen molar-refractivity contribution >= 4 is 40.4 Å². The summed E-state index contributed by atoms with van der Waals surface area (Å²) in [5, 5.41) is 13.2. The molecule has 0 saturated carbocycles. The maximum atomic E-state index is 14.1. The van der Waals surface area contributed by atoms with Gasteiger partial charge in [-0.05, 0) is 74.6 Å². The van der Waals surface area contributed by atoms with Crippen molar-refractivity contribution in [1.29, 1.82) is 0 Å². The summed E-state index contributed by atoms with van der Waals surface area (Å²) in [6.45, 7) is 8.90. The molecule has 0 bridgehead atoms. The second kappa shape index (κ2) is 11.2. The number of pyridine rings is 1. The van der Waals surface area contributed by atoms with E-state index in [0.29, 0.717) is 42.2 Å². The Morgan fingerprint density at radius 3 is 2.49 bits per heavy atom. The highest BCUT2D eigenvalue weighted by molar-refractivity contribution is 6.29. The van der Waals surface area contributed by atoms with Gasteiger partial charge in [0.25, 0.3) is 0 Å². The SMILES string of the molecule is Cc1c(N2CCC(C)(C)CC2)oc2c(C(C)Nc3ccc(Cl)nc3-c3ccc(O)c(C=O)c3)cc(C(F)(F)F)cc2c1=O. The van der Waals surface area contributed by atoms with E-state index in [-0.39, 0.29) is 44.0 Å². The van der Waals surface area contributed by atoms with Crippen LogP contribution in [0.25, 0.3) is 22.2 Å². The standard InChI is InChI=1S/C32H31ClF3N3O4/c1-17-28(42)23-15-21(32(34,35)36)14-22(29(23)43-30(17)39-11-9-31(3,4)10-12-39)18(2)37-24-6-8-26(33)38-27(24)19-5-7-25(41)20(13-19)16-40/h5-8,13-16,18,37,41H,9-12H2,1-4H3. The van der Waals surface area contributed by atoms with Crippen molar-refractivity contribution in [3.63, 3.8) is 0 Å². The molecule has 0 spiro atoms. The Bertz CT molecular complexity index is 1770. The number of halogens is 4. The van der Waals surface area contributed by atoms with Crippen LogP contribution in [0.2, 0.25) is 5.15 Å². The number of rotatable bonds is 6. The van der Waals surface area contributed by atoms with Gasteiger partial charge >= 0.3 is 6.18 Å². The Balaban J connectivity index is 1.64. The number of piperidine rings is 1. The number of benzene rings is 2. The molecule has 2 aromatic heterocycles. The Hall–Kier alpha value is -4.05. The van der Waals surface area contributed by atoms with Crippen LogP contribution in [0.4, 0.5) is 24.7 Å². The van der Waals surface area contributed by atoms with Crippen molar-refractivity contribution in [1.82, 2.24) is 4.98 Å². The van der Waals surface area contributed by atoms with Gasteiger partial charge < -0.3 is 19.7 Å². The number of aromatic nitrogens is 1. The van der Waals surface area contributed by atoms with Gasteiger partial charge in [-0.25, -0.2) is 4.98 Å². The Kier molecular flexibility index (Phi) is 7.94. The molecule has 43 heavy (non-hydrogen) atoms. The van der Waals surface area contributed by atoms with Crippen LogP contribution in [0, 0.1) is 12.3 Å². The molecular weight excluding hydrogens is 583 g/mol. The van der Waals surface area contributed by atoms with Gasteiger partial charge in [-0.3, -0.25) is 9.59 Å². The molecule has 1 unspecified atom stereocenters. The number of phenols is 1. The Morgan fingerprint density at radius 2 is 1.84 bits per heavy atom. The number of phenolic OH excluding ortho intramolecular Hbond substituents is 1. The van der Waals surface area contributed by atoms with Crippen molar-refractivity contribution in [2.24, 2.45) is 5.41 Å². The summed E-state index contributed by atoms with van der Waals surface area (Å²) in [5.74, 6) is 0.151. The molecule has 1 atom stereocenters. The minimum Gasteiger partial charge on any atom is -0.507 e. The third-order valence-corrected chi connectivity index (χ3v) is 8.29. The van der Waals surface area contributed by atoms with E-state index in [0.717, 1.165) is 25.0 Å². The number of nitrogens with zero attached hydrogens (tertiary/aromatic N) is 2. The van der Waals surface area contributed by atoms with Crippen LogP contribution in [-0.2, 0) is 6.18 Å². The average Bonchev–Trinajstić information content (AvgIpc) is 2.95. The summed E-state index contributed by atoms with van der Waals surface area (Å²) < 4.78 is 48.5. The quantitative estimate of drug-likeness (QED) is 0.167. The number of fused-ring (bicyclic) bond motifs is 1. The molecule has 1 saturated heterocycles. The molecule has 2 N–H and O–H groups in total. The van der Waals surface area contributed by atoms with Crippen LogP contribution in [0.3, 0.4) is 0 Å². The summed E-state index contributed by atoms with van der Waals surface area (Å²) in [5.41, 5.74) is 0.329. The Morgan fingerprint density at radius 1 is 1.14 bits per heavy atom. The van der Waals surface area contributed by atoms with Crippen molar-refractivity contribution in [3.05, 3.63) is 80.1 Å². The molecule has 4 aromatic rings. The van der Waals surface area contributed by atoms with E-state index in [2.05, 4.69) is 24.1 Å². The maximum Gasteiger partial charge on any atom is 0.416 e. The van der Waals surface area contributed by atoms with Crippen molar-refractivity contribution in [3.8, 4) is 17.0 Å². The first-order valence-electron chi connectivity index (χ1n) is 13.8. The second-order valence-electron chi connectivity index (χ2n) is 11.7. The summed E-state index contributed by atoms with van der Waals surface area (Å²) in [7, 11) is 0. The van der Waals surface area contributed by atoms with E-state index < -0.39 is 23.2 Å². The zero-order chi connectivity index (χ0) is 31.3. The first-order valence-corrected chi connectivity index (χ1v) is 14.2. The van der Waals surface area contributed by atoms with Gasteiger partial charge in [-0.2, -0.15) is 13.2 Å². The molecule has 11 heteroatoms. The van der Waals surface area contributed by atoms with E-state index in [1.807, 2.05) is 4.90 Å². The first kappa shape index (κ1) is 30.4. The monoisotopic (exact) mass is 613 g/mol. The zero-order valence-corrected chi connectivity index (χ0v) is 24.9. The lowest BCUT2D eigenvalue weighted by Crippen LogP contribution is -2.38. The summed E-state index contributed by atoms with van der Waals surface area (Å²) in [4.78, 5) is 31.3. The predicted octanol–water partition coefficient (Wildman–Crippen LogP) is 8.15. The molecule has 3 heterocycles. The molecule has 0 aliphatic carbocycles. The third kappa shape index (κ3) is 6.06. The molecule has 0 radical (unpaired) electrons. The van der Waals surface area contributed by atoms with Crippen LogP contribution in [0.1, 0.15) is 66.7 Å². The van der Waals surface area contributed by atoms with Gasteiger partial charge in [0.1, 0.15) is 16.5 Å². The maximum absolute atomic E-state index is 14.1. The third-order valence-electron chi connectivity index (χ3n) is 8.08. The lowest BCUT2D eigenvalue weighted by Gasteiger charge is -2.37. The number of aldehydes is 1. The molecule has 2 aromatic carbocycles. The van der Waals surface area contributed by atoms with Gasteiger partial charge in [-0.1, -0.05) is 25.4 Å². The Labute approximate surface area is 251 Å². The highest BCUT2D eigenvalue weighted by atomic mass is 35.5. The number of aromatic hydroxyl groups is 1. The summed E-state index contributed by atoms with van der Waals surface area (Å²) in [6.07, 6.45) is -2.45. The number of carbonyl (C=O) groups excluding carboxylic acids is 1. The smallest absolute Gasteiger partial charge is 0.416 e. The van der Waals surface area contributed by atoms with E-state index in [1.54, 1.807) is 26.0 Å². The van der Waals surface area contributed by atoms with Gasteiger partial charge in [0.2, 0.25) is 5.88 Å². The molecular formula is C32H31ClF3N3O4. The fourth-order valence-electron chi connectivity index (χ4n) is 5.39. The normalized spacial score (nSPS) is 15.9. The highest BCUT2D eigenvalue weighted by Gasteiger charge is 2.34. The lowest BCUT2D eigenvalue weighted by molar-refractivity contribution is -0.137. The van der Waals surface area contributed by atoms with Crippen LogP contribution in [0.15, 0.2) is 51.7 Å². The minimum absolute atomic E-state index is 0.0351. The predicted molar refractivity (Wildman–Crippen MR) is 161 cm³/mol. The van der Waals surface area contributed by atoms with Gasteiger partial charge in [0, 0.05) is 24.2 Å². The van der Waals surface area contributed by atoms with Gasteiger partial charge in [0.15, 0.2) is 11.7 Å². The molecule has 1 aliphatic heterocycles. The van der Waals surface area contributed by atoms with Crippen LogP contribution < -0.4 is 15.6 Å². The van der Waals surface area contributed by atoms with E-state index in [4.69, 9.17) is 16.0 Å². The molecule has 0 amide bonds. The van der Waals surface area contributed by atoms with Crippen molar-refractivity contribution < 1.29 is 27.5 Å². The van der Waals surface area contributed by atoms with Crippen molar-refractivity contribution in [2.45, 2.75) is 52.8 Å². The zero-order valence-electron chi connectivity index (χ0n) is 24.1. The summed E-state index contributed by atoms with van der Waals surface area (Å²) >= 11 is 6.18. The van der Waals surface area contributed by atoms with Crippen LogP contribution in [-0.4, -0.2) is 29.5 Å². The van der Waals surface area contributed by atoms with Gasteiger partial charge in [-0.15, -0.1) is 0 Å². The van der Waals surface area contributed by atoms with Gasteiger partial charge in [0.05, 0.1) is 39.5 Å². The molecule has 1 fully saturated rings. The first-order chi connectivity index (χ1) is 20.2. The number of hydrogen-bond donors (Lipinski definition) is 2. The minimum atomic E-state index is -4.70. The van der Waals surface area contributed by atoms with Crippen LogP contribution >= 0.6 is 11.6 Å². The van der Waals surface area contributed by atoms with E-state index >= 15 is 0 Å². The molecule has 226 valence electrons. The van der Waals surface area contributed by atoms with Crippen LogP contribution in [0.5, 0.6) is 5.75 Å². The number of alkyl halides is 3. The number of nitrogens with one attached hydrogen (secondary N) is 1. The summed E-state index contributed by atoms with van der Waals surface area (Å²) in [6, 6.07) is 8.50. The molecule has 1 aliphatic rings. The number of carbonyl (C=O) groups is 1. The number of anilines is 2. The topological polar surface area (TPSA) is 95.7 Å². The lowest BCUT2D eigenvalue weighted by atomic mass is 9.82. The van der Waals surface area contributed by atoms with E-state index in [9.17, 15) is 27.9 Å². The number of hydrogen-bond acceptors (Lipinski definition) is 7. The van der Waals surface area contributed by atoms with E-state index in [1.165, 1.54) is 18.2 Å². The average molecular weight is 614 g/mol. The van der Waals surface area contributed by atoms with Crippen molar-refractivity contribution in [2.75, 3.05) is 23.3 Å². The molecule has 7 nitrogen and oxygen atoms in total. The molecule has 5 rings (SSSR count). The second-order valence-corrected chi connectivity index (χ2v) is 12.1. The fourth-order valence-corrected chi connectivity index (χ4v) is 5.53. The fraction of sp³-hybridized carbons (Fsp3) is 0.344.